The molecular formula is C14H23N3O3S2. The van der Waals surface area contributed by atoms with Crippen LogP contribution in [0, 0.1) is 0 Å². The van der Waals surface area contributed by atoms with Crippen molar-refractivity contribution in [2.45, 2.75) is 43.5 Å². The van der Waals surface area contributed by atoms with E-state index in [-0.39, 0.29) is 5.91 Å². The van der Waals surface area contributed by atoms with Crippen molar-refractivity contribution in [1.82, 2.24) is 14.9 Å². The number of sulfonamides is 1. The zero-order chi connectivity index (χ0) is 16.2. The monoisotopic (exact) mass is 345 g/mol. The zero-order valence-electron chi connectivity index (χ0n) is 13.0. The van der Waals surface area contributed by atoms with Crippen molar-refractivity contribution in [2.75, 3.05) is 19.6 Å². The second-order valence-electron chi connectivity index (χ2n) is 5.41. The Hall–Kier alpha value is -0.960. The van der Waals surface area contributed by atoms with Crippen molar-refractivity contribution < 1.29 is 13.2 Å². The average Bonchev–Trinajstić information content (AvgIpc) is 3.12. The third-order valence-electron chi connectivity index (χ3n) is 3.83. The van der Waals surface area contributed by atoms with E-state index in [2.05, 4.69) is 21.9 Å². The van der Waals surface area contributed by atoms with Crippen LogP contribution in [0.2, 0.25) is 0 Å². The molecule has 2 rings (SSSR count). The number of carbonyl (C=O) groups excluding carboxylic acids is 1. The van der Waals surface area contributed by atoms with Gasteiger partial charge in [0.15, 0.2) is 0 Å². The van der Waals surface area contributed by atoms with E-state index in [1.54, 1.807) is 12.1 Å². The molecule has 0 aliphatic carbocycles. The minimum absolute atomic E-state index is 0.128. The Kier molecular flexibility index (Phi) is 5.96. The summed E-state index contributed by atoms with van der Waals surface area (Å²) in [6.45, 7) is 6.35. The van der Waals surface area contributed by atoms with E-state index in [1.807, 2.05) is 0 Å². The molecule has 6 nitrogen and oxygen atoms in total. The van der Waals surface area contributed by atoms with E-state index < -0.39 is 10.0 Å². The molecular weight excluding hydrogens is 322 g/mol. The van der Waals surface area contributed by atoms with Crippen LogP contribution in [0.15, 0.2) is 16.3 Å². The molecule has 22 heavy (non-hydrogen) atoms. The summed E-state index contributed by atoms with van der Waals surface area (Å²) in [5, 5.41) is 2.67. The Morgan fingerprint density at radius 2 is 2.23 bits per heavy atom. The van der Waals surface area contributed by atoms with Crippen LogP contribution >= 0.6 is 11.3 Å². The number of hydrogen-bond donors (Lipinski definition) is 2. The third-order valence-corrected chi connectivity index (χ3v) is 6.83. The molecule has 0 aromatic carbocycles. The standard InChI is InChI=1S/C14H23N3O3S2/c1-3-17-8-4-5-12(17)9-16-22(19,20)14-7-6-13(21-14)10-15-11(2)18/h6-7,12,16H,3-5,8-10H2,1-2H3,(H,15,18)/t12-/m1/s1. The van der Waals surface area contributed by atoms with Crippen LogP contribution in [0.25, 0.3) is 0 Å². The number of amides is 1. The molecule has 1 atom stereocenters. The number of nitrogens with zero attached hydrogens (tertiary/aromatic N) is 1. The van der Waals surface area contributed by atoms with Gasteiger partial charge in [-0.15, -0.1) is 11.3 Å². The molecule has 1 fully saturated rings. The van der Waals surface area contributed by atoms with Gasteiger partial charge < -0.3 is 5.32 Å². The van der Waals surface area contributed by atoms with Gasteiger partial charge in [-0.1, -0.05) is 6.92 Å². The summed E-state index contributed by atoms with van der Waals surface area (Å²) in [5.41, 5.74) is 0. The highest BCUT2D eigenvalue weighted by Gasteiger charge is 2.25. The Morgan fingerprint density at radius 1 is 1.45 bits per heavy atom. The molecule has 1 aliphatic rings. The summed E-state index contributed by atoms with van der Waals surface area (Å²) in [6.07, 6.45) is 2.16. The van der Waals surface area contributed by atoms with Gasteiger partial charge in [0.1, 0.15) is 4.21 Å². The molecule has 1 aliphatic heterocycles. The maximum absolute atomic E-state index is 12.3. The van der Waals surface area contributed by atoms with Gasteiger partial charge in [-0.2, -0.15) is 0 Å². The minimum atomic E-state index is -3.47. The predicted octanol–water partition coefficient (Wildman–Crippen LogP) is 1.15. The molecule has 0 saturated carbocycles. The first-order chi connectivity index (χ1) is 10.4. The molecule has 1 saturated heterocycles. The highest BCUT2D eigenvalue weighted by Crippen LogP contribution is 2.22. The molecule has 0 unspecified atom stereocenters. The molecule has 2 N–H and O–H groups in total. The van der Waals surface area contributed by atoms with Crippen molar-refractivity contribution in [1.29, 1.82) is 0 Å². The van der Waals surface area contributed by atoms with Gasteiger partial charge >= 0.3 is 0 Å². The Balaban J connectivity index is 1.94. The van der Waals surface area contributed by atoms with Gasteiger partial charge in [-0.25, -0.2) is 13.1 Å². The highest BCUT2D eigenvalue weighted by atomic mass is 32.2. The smallest absolute Gasteiger partial charge is 0.250 e. The second-order valence-corrected chi connectivity index (χ2v) is 8.57. The second kappa shape index (κ2) is 7.54. The summed E-state index contributed by atoms with van der Waals surface area (Å²) in [5.74, 6) is -0.128. The molecule has 1 aromatic rings. The first kappa shape index (κ1) is 17.4. The van der Waals surface area contributed by atoms with Crippen LogP contribution in [0.5, 0.6) is 0 Å². The maximum Gasteiger partial charge on any atom is 0.250 e. The predicted molar refractivity (Wildman–Crippen MR) is 87.3 cm³/mol. The van der Waals surface area contributed by atoms with Crippen LogP contribution in [0.4, 0.5) is 0 Å². The summed E-state index contributed by atoms with van der Waals surface area (Å²) < 4.78 is 27.7. The Bertz CT molecular complexity index is 613. The van der Waals surface area contributed by atoms with Gasteiger partial charge in [0, 0.05) is 24.4 Å². The number of hydrogen-bond acceptors (Lipinski definition) is 5. The SMILES string of the molecule is CCN1CCC[C@@H]1CNS(=O)(=O)c1ccc(CNC(C)=O)s1. The topological polar surface area (TPSA) is 78.5 Å². The van der Waals surface area contributed by atoms with Gasteiger partial charge in [-0.3, -0.25) is 9.69 Å². The molecule has 1 aromatic heterocycles. The molecule has 0 bridgehead atoms. The van der Waals surface area contributed by atoms with Crippen molar-refractivity contribution >= 4 is 27.3 Å². The number of carbonyl (C=O) groups is 1. The quantitative estimate of drug-likeness (QED) is 0.777. The fourth-order valence-corrected chi connectivity index (χ4v) is 5.04. The molecule has 8 heteroatoms. The summed E-state index contributed by atoms with van der Waals surface area (Å²) in [7, 11) is -3.47. The molecule has 0 radical (unpaired) electrons. The normalized spacial score (nSPS) is 19.5. The number of thiophene rings is 1. The number of rotatable bonds is 7. The summed E-state index contributed by atoms with van der Waals surface area (Å²) >= 11 is 1.19. The molecule has 0 spiro atoms. The van der Waals surface area contributed by atoms with Crippen LogP contribution in [-0.4, -0.2) is 44.9 Å². The maximum atomic E-state index is 12.3. The third kappa shape index (κ3) is 4.52. The number of nitrogens with one attached hydrogen (secondary N) is 2. The van der Waals surface area contributed by atoms with E-state index in [4.69, 9.17) is 0 Å². The average molecular weight is 345 g/mol. The van der Waals surface area contributed by atoms with Crippen LogP contribution in [0.3, 0.4) is 0 Å². The van der Waals surface area contributed by atoms with Gasteiger partial charge in [0.25, 0.3) is 0 Å². The van der Waals surface area contributed by atoms with E-state index in [1.165, 1.54) is 18.3 Å². The highest BCUT2D eigenvalue weighted by molar-refractivity contribution is 7.91. The fraction of sp³-hybridized carbons (Fsp3) is 0.643. The lowest BCUT2D eigenvalue weighted by Gasteiger charge is -2.22. The van der Waals surface area contributed by atoms with E-state index in [9.17, 15) is 13.2 Å². The van der Waals surface area contributed by atoms with Crippen molar-refractivity contribution in [3.05, 3.63) is 17.0 Å². The van der Waals surface area contributed by atoms with E-state index >= 15 is 0 Å². The Labute approximate surface area is 135 Å². The number of likely N-dealkylation sites (tertiary alicyclic amines) is 1. The molecule has 124 valence electrons. The lowest BCUT2D eigenvalue weighted by Crippen LogP contribution is -2.39. The van der Waals surface area contributed by atoms with Gasteiger partial charge in [0.2, 0.25) is 15.9 Å². The fourth-order valence-electron chi connectivity index (χ4n) is 2.63. The van der Waals surface area contributed by atoms with E-state index in [0.717, 1.165) is 30.8 Å². The van der Waals surface area contributed by atoms with Crippen LogP contribution in [-0.2, 0) is 21.4 Å². The lowest BCUT2D eigenvalue weighted by molar-refractivity contribution is -0.119. The first-order valence-electron chi connectivity index (χ1n) is 7.49. The zero-order valence-corrected chi connectivity index (χ0v) is 14.6. The van der Waals surface area contributed by atoms with Crippen molar-refractivity contribution in [2.24, 2.45) is 0 Å². The van der Waals surface area contributed by atoms with Crippen molar-refractivity contribution in [3.63, 3.8) is 0 Å². The van der Waals surface area contributed by atoms with E-state index in [0.29, 0.717) is 23.3 Å². The van der Waals surface area contributed by atoms with Crippen LogP contribution < -0.4 is 10.0 Å². The number of likely N-dealkylation sites (N-methyl/N-ethyl adjacent to an activating group) is 1. The largest absolute Gasteiger partial charge is 0.351 e. The Morgan fingerprint density at radius 3 is 2.91 bits per heavy atom. The summed E-state index contributed by atoms with van der Waals surface area (Å²) in [4.78, 5) is 14.0. The van der Waals surface area contributed by atoms with Gasteiger partial charge in [0.05, 0.1) is 6.54 Å². The first-order valence-corrected chi connectivity index (χ1v) is 9.79. The molecule has 2 heterocycles. The minimum Gasteiger partial charge on any atom is -0.351 e. The lowest BCUT2D eigenvalue weighted by atomic mass is 10.2. The molecule has 1 amide bonds. The van der Waals surface area contributed by atoms with Crippen molar-refractivity contribution in [3.8, 4) is 0 Å². The van der Waals surface area contributed by atoms with Crippen LogP contribution in [0.1, 0.15) is 31.6 Å². The summed E-state index contributed by atoms with van der Waals surface area (Å²) in [6, 6.07) is 3.62. The van der Waals surface area contributed by atoms with Gasteiger partial charge in [-0.05, 0) is 38.1 Å².